The van der Waals surface area contributed by atoms with Crippen LogP contribution in [-0.4, -0.2) is 64.5 Å². The van der Waals surface area contributed by atoms with Gasteiger partial charge in [-0.2, -0.15) is 0 Å². The number of pyridine rings is 1. The molecule has 1 aromatic heterocycles. The number of carbonyl (C=O) groups excluding carboxylic acids is 1. The molecule has 1 saturated heterocycles. The van der Waals surface area contributed by atoms with Crippen molar-refractivity contribution in [2.24, 2.45) is 0 Å². The van der Waals surface area contributed by atoms with Gasteiger partial charge >= 0.3 is 5.97 Å². The van der Waals surface area contributed by atoms with Crippen LogP contribution in [0.2, 0.25) is 0 Å². The Labute approximate surface area is 118 Å². The first-order chi connectivity index (χ1) is 9.56. The second-order valence-electron chi connectivity index (χ2n) is 4.99. The molecule has 2 rings (SSSR count). The topological polar surface area (TPSA) is 73.7 Å². The van der Waals surface area contributed by atoms with E-state index in [4.69, 9.17) is 5.11 Å². The number of hydrogen-bond acceptors (Lipinski definition) is 4. The van der Waals surface area contributed by atoms with Crippen molar-refractivity contribution >= 4 is 11.9 Å². The number of aliphatic carboxylic acids is 1. The van der Waals surface area contributed by atoms with Crippen LogP contribution < -0.4 is 0 Å². The first-order valence-corrected chi connectivity index (χ1v) is 6.68. The average Bonchev–Trinajstić information content (AvgIpc) is 2.41. The molecule has 1 N–H and O–H groups in total. The average molecular weight is 277 g/mol. The largest absolute Gasteiger partial charge is 0.480 e. The highest BCUT2D eigenvalue weighted by molar-refractivity contribution is 5.78. The summed E-state index contributed by atoms with van der Waals surface area (Å²) in [6, 6.07) is 3.80. The molecule has 6 nitrogen and oxygen atoms in total. The van der Waals surface area contributed by atoms with Crippen molar-refractivity contribution in [1.82, 2.24) is 14.8 Å². The van der Waals surface area contributed by atoms with Gasteiger partial charge in [0.1, 0.15) is 0 Å². The van der Waals surface area contributed by atoms with E-state index in [0.29, 0.717) is 32.6 Å². The first kappa shape index (κ1) is 14.5. The fourth-order valence-corrected chi connectivity index (χ4v) is 2.31. The van der Waals surface area contributed by atoms with E-state index in [1.165, 1.54) is 0 Å². The highest BCUT2D eigenvalue weighted by Crippen LogP contribution is 2.08. The highest BCUT2D eigenvalue weighted by Gasteiger charge is 2.22. The molecular formula is C14H19N3O3. The van der Waals surface area contributed by atoms with Crippen LogP contribution in [0.5, 0.6) is 0 Å². The summed E-state index contributed by atoms with van der Waals surface area (Å²) in [5, 5.41) is 8.74. The lowest BCUT2D eigenvalue weighted by molar-refractivity contribution is -0.139. The summed E-state index contributed by atoms with van der Waals surface area (Å²) in [5.74, 6) is -0.768. The molecule has 1 fully saturated rings. The minimum absolute atomic E-state index is 0.0430. The van der Waals surface area contributed by atoms with Crippen molar-refractivity contribution < 1.29 is 14.7 Å². The number of carbonyl (C=O) groups is 2. The number of hydrogen-bond donors (Lipinski definition) is 1. The predicted octanol–water partition coefficient (Wildman–Crippen LogP) is 0.161. The molecule has 0 atom stereocenters. The Hall–Kier alpha value is -1.95. The van der Waals surface area contributed by atoms with Gasteiger partial charge in [-0.05, 0) is 18.6 Å². The molecule has 0 aliphatic carbocycles. The third-order valence-electron chi connectivity index (χ3n) is 3.52. The standard InChI is InChI=1S/C14H19N3O3/c1-11-3-2-4-15-12(11)9-13(18)17-7-5-16(6-8-17)10-14(19)20/h2-4H,5-10H2,1H3,(H,19,20). The Morgan fingerprint density at radius 1 is 1.30 bits per heavy atom. The van der Waals surface area contributed by atoms with Crippen molar-refractivity contribution in [2.45, 2.75) is 13.3 Å². The smallest absolute Gasteiger partial charge is 0.317 e. The Balaban J connectivity index is 1.86. The zero-order valence-electron chi connectivity index (χ0n) is 11.6. The highest BCUT2D eigenvalue weighted by atomic mass is 16.4. The third kappa shape index (κ3) is 3.77. The Morgan fingerprint density at radius 2 is 2.00 bits per heavy atom. The van der Waals surface area contributed by atoms with Crippen LogP contribution in [0.3, 0.4) is 0 Å². The number of amides is 1. The molecule has 0 spiro atoms. The molecule has 0 radical (unpaired) electrons. The van der Waals surface area contributed by atoms with E-state index >= 15 is 0 Å². The van der Waals surface area contributed by atoms with Crippen LogP contribution in [0.15, 0.2) is 18.3 Å². The molecular weight excluding hydrogens is 258 g/mol. The Kier molecular flexibility index (Phi) is 4.68. The zero-order chi connectivity index (χ0) is 14.5. The van der Waals surface area contributed by atoms with Gasteiger partial charge in [-0.1, -0.05) is 6.07 Å². The lowest BCUT2D eigenvalue weighted by Crippen LogP contribution is -2.50. The normalized spacial score (nSPS) is 16.1. The van der Waals surface area contributed by atoms with Crippen LogP contribution >= 0.6 is 0 Å². The quantitative estimate of drug-likeness (QED) is 0.848. The van der Waals surface area contributed by atoms with Crippen LogP contribution in [0.4, 0.5) is 0 Å². The number of aryl methyl sites for hydroxylation is 1. The maximum Gasteiger partial charge on any atom is 0.317 e. The molecule has 0 saturated carbocycles. The summed E-state index contributed by atoms with van der Waals surface area (Å²) in [4.78, 5) is 30.7. The predicted molar refractivity (Wildman–Crippen MR) is 73.3 cm³/mol. The van der Waals surface area contributed by atoms with Gasteiger partial charge in [0.2, 0.25) is 5.91 Å². The zero-order valence-corrected chi connectivity index (χ0v) is 11.6. The summed E-state index contributed by atoms with van der Waals surface area (Å²) in [5.41, 5.74) is 1.83. The van der Waals surface area contributed by atoms with Crippen molar-refractivity contribution in [2.75, 3.05) is 32.7 Å². The van der Waals surface area contributed by atoms with Crippen molar-refractivity contribution in [1.29, 1.82) is 0 Å². The molecule has 20 heavy (non-hydrogen) atoms. The van der Waals surface area contributed by atoms with E-state index in [2.05, 4.69) is 4.98 Å². The lowest BCUT2D eigenvalue weighted by atomic mass is 10.1. The van der Waals surface area contributed by atoms with E-state index in [1.54, 1.807) is 11.1 Å². The fourth-order valence-electron chi connectivity index (χ4n) is 2.31. The maximum atomic E-state index is 12.2. The maximum absolute atomic E-state index is 12.2. The van der Waals surface area contributed by atoms with E-state index in [-0.39, 0.29) is 12.5 Å². The minimum Gasteiger partial charge on any atom is -0.480 e. The van der Waals surface area contributed by atoms with Gasteiger partial charge in [-0.3, -0.25) is 19.5 Å². The number of rotatable bonds is 4. The summed E-state index contributed by atoms with van der Waals surface area (Å²) >= 11 is 0. The van der Waals surface area contributed by atoms with Gasteiger partial charge in [0.25, 0.3) is 0 Å². The molecule has 0 unspecified atom stereocenters. The molecule has 1 amide bonds. The number of piperazine rings is 1. The van der Waals surface area contributed by atoms with Gasteiger partial charge in [-0.15, -0.1) is 0 Å². The Bertz CT molecular complexity index is 496. The van der Waals surface area contributed by atoms with Gasteiger partial charge in [-0.25, -0.2) is 0 Å². The SMILES string of the molecule is Cc1cccnc1CC(=O)N1CCN(CC(=O)O)CC1. The van der Waals surface area contributed by atoms with Crippen LogP contribution in [0, 0.1) is 6.92 Å². The van der Waals surface area contributed by atoms with Crippen molar-refractivity contribution in [3.05, 3.63) is 29.6 Å². The van der Waals surface area contributed by atoms with Crippen molar-refractivity contribution in [3.8, 4) is 0 Å². The summed E-state index contributed by atoms with van der Waals surface area (Å²) in [7, 11) is 0. The van der Waals surface area contributed by atoms with E-state index in [9.17, 15) is 9.59 Å². The molecule has 108 valence electrons. The van der Waals surface area contributed by atoms with E-state index in [0.717, 1.165) is 11.3 Å². The third-order valence-corrected chi connectivity index (χ3v) is 3.52. The minimum atomic E-state index is -0.825. The van der Waals surface area contributed by atoms with E-state index < -0.39 is 5.97 Å². The number of nitrogens with zero attached hydrogens (tertiary/aromatic N) is 3. The van der Waals surface area contributed by atoms with E-state index in [1.807, 2.05) is 24.0 Å². The molecule has 1 aliphatic rings. The summed E-state index contributed by atoms with van der Waals surface area (Å²) < 4.78 is 0. The lowest BCUT2D eigenvalue weighted by Gasteiger charge is -2.33. The fraction of sp³-hybridized carbons (Fsp3) is 0.500. The molecule has 1 aromatic rings. The molecule has 6 heteroatoms. The number of carboxylic acid groups (broad SMARTS) is 1. The summed E-state index contributed by atoms with van der Waals surface area (Å²) in [6.07, 6.45) is 2.01. The van der Waals surface area contributed by atoms with Gasteiger partial charge in [0, 0.05) is 32.4 Å². The summed E-state index contributed by atoms with van der Waals surface area (Å²) in [6.45, 7) is 4.37. The number of aromatic nitrogens is 1. The molecule has 1 aliphatic heterocycles. The first-order valence-electron chi connectivity index (χ1n) is 6.68. The number of carboxylic acids is 1. The van der Waals surface area contributed by atoms with Gasteiger partial charge in [0.05, 0.1) is 18.7 Å². The Morgan fingerprint density at radius 3 is 2.60 bits per heavy atom. The molecule has 0 aromatic carbocycles. The second-order valence-corrected chi connectivity index (χ2v) is 4.99. The van der Waals surface area contributed by atoms with Crippen LogP contribution in [-0.2, 0) is 16.0 Å². The van der Waals surface area contributed by atoms with Gasteiger partial charge in [0.15, 0.2) is 0 Å². The molecule has 2 heterocycles. The second kappa shape index (κ2) is 6.47. The van der Waals surface area contributed by atoms with Crippen molar-refractivity contribution in [3.63, 3.8) is 0 Å². The van der Waals surface area contributed by atoms with Crippen LogP contribution in [0.1, 0.15) is 11.3 Å². The van der Waals surface area contributed by atoms with Gasteiger partial charge < -0.3 is 10.0 Å². The molecule has 0 bridgehead atoms. The van der Waals surface area contributed by atoms with Crippen LogP contribution in [0.25, 0.3) is 0 Å². The monoisotopic (exact) mass is 277 g/mol.